The number of carboxylic acid groups (broad SMARTS) is 1. The largest absolute Gasteiger partial charge is 0.522 e. The number of carboxylic acids is 1. The van der Waals surface area contributed by atoms with Crippen molar-refractivity contribution in [2.75, 3.05) is 6.61 Å². The fourth-order valence-corrected chi connectivity index (χ4v) is 1.29. The first-order valence-corrected chi connectivity index (χ1v) is 3.82. The Bertz CT molecular complexity index is 196. The Hall–Kier alpha value is -0.780. The minimum absolute atomic E-state index is 0.261. The first-order valence-electron chi connectivity index (χ1n) is 3.82. The number of halogens is 3. The van der Waals surface area contributed by atoms with E-state index in [1.54, 1.807) is 0 Å². The SMILES string of the molecule is O=C(O)C1CC(COC(F)(F)F)C1. The number of rotatable bonds is 3. The van der Waals surface area contributed by atoms with Crippen molar-refractivity contribution in [2.24, 2.45) is 11.8 Å². The Labute approximate surface area is 72.5 Å². The third-order valence-corrected chi connectivity index (χ3v) is 2.07. The van der Waals surface area contributed by atoms with Gasteiger partial charge in [0.2, 0.25) is 0 Å². The molecule has 0 heterocycles. The molecule has 13 heavy (non-hydrogen) atoms. The van der Waals surface area contributed by atoms with E-state index in [2.05, 4.69) is 4.74 Å². The Kier molecular flexibility index (Phi) is 2.80. The molecular weight excluding hydrogens is 189 g/mol. The Morgan fingerprint density at radius 3 is 2.38 bits per heavy atom. The van der Waals surface area contributed by atoms with E-state index in [-0.39, 0.29) is 18.8 Å². The summed E-state index contributed by atoms with van der Waals surface area (Å²) in [5, 5.41) is 8.42. The van der Waals surface area contributed by atoms with E-state index in [0.29, 0.717) is 0 Å². The van der Waals surface area contributed by atoms with Crippen molar-refractivity contribution in [1.82, 2.24) is 0 Å². The van der Waals surface area contributed by atoms with Gasteiger partial charge in [-0.05, 0) is 18.8 Å². The van der Waals surface area contributed by atoms with Gasteiger partial charge in [0.05, 0.1) is 12.5 Å². The van der Waals surface area contributed by atoms with Gasteiger partial charge in [-0.25, -0.2) is 0 Å². The fraction of sp³-hybridized carbons (Fsp3) is 0.857. The van der Waals surface area contributed by atoms with Crippen LogP contribution >= 0.6 is 0 Å². The molecule has 0 aromatic heterocycles. The lowest BCUT2D eigenvalue weighted by Crippen LogP contribution is -2.34. The molecule has 0 aliphatic heterocycles. The lowest BCUT2D eigenvalue weighted by atomic mass is 9.75. The highest BCUT2D eigenvalue weighted by atomic mass is 19.4. The van der Waals surface area contributed by atoms with Crippen molar-refractivity contribution in [1.29, 1.82) is 0 Å². The molecule has 1 rings (SSSR count). The van der Waals surface area contributed by atoms with Gasteiger partial charge in [0.15, 0.2) is 0 Å². The highest BCUT2D eigenvalue weighted by Gasteiger charge is 2.38. The maximum atomic E-state index is 11.5. The molecule has 0 aromatic carbocycles. The van der Waals surface area contributed by atoms with Gasteiger partial charge in [0, 0.05) is 0 Å². The Morgan fingerprint density at radius 1 is 1.46 bits per heavy atom. The highest BCUT2D eigenvalue weighted by Crippen LogP contribution is 2.35. The van der Waals surface area contributed by atoms with Gasteiger partial charge >= 0.3 is 12.3 Å². The molecule has 1 aliphatic rings. The van der Waals surface area contributed by atoms with Crippen LogP contribution in [0.5, 0.6) is 0 Å². The number of hydrogen-bond acceptors (Lipinski definition) is 2. The average molecular weight is 198 g/mol. The van der Waals surface area contributed by atoms with E-state index < -0.39 is 24.9 Å². The third-order valence-electron chi connectivity index (χ3n) is 2.07. The molecule has 0 spiro atoms. The van der Waals surface area contributed by atoms with Gasteiger partial charge in [-0.3, -0.25) is 9.53 Å². The van der Waals surface area contributed by atoms with Crippen LogP contribution in [0.3, 0.4) is 0 Å². The van der Waals surface area contributed by atoms with Crippen LogP contribution in [0.1, 0.15) is 12.8 Å². The maximum absolute atomic E-state index is 11.5. The summed E-state index contributed by atoms with van der Waals surface area (Å²) in [6.45, 7) is -0.423. The van der Waals surface area contributed by atoms with Crippen LogP contribution in [0.25, 0.3) is 0 Å². The molecule has 0 radical (unpaired) electrons. The lowest BCUT2D eigenvalue weighted by Gasteiger charge is -2.31. The molecule has 1 fully saturated rings. The van der Waals surface area contributed by atoms with Crippen LogP contribution in [0.4, 0.5) is 13.2 Å². The lowest BCUT2D eigenvalue weighted by molar-refractivity contribution is -0.330. The van der Waals surface area contributed by atoms with E-state index >= 15 is 0 Å². The van der Waals surface area contributed by atoms with Gasteiger partial charge in [-0.1, -0.05) is 0 Å². The van der Waals surface area contributed by atoms with Crippen molar-refractivity contribution in [3.8, 4) is 0 Å². The molecular formula is C7H9F3O3. The summed E-state index contributed by atoms with van der Waals surface area (Å²) in [7, 11) is 0. The van der Waals surface area contributed by atoms with E-state index in [1.165, 1.54) is 0 Å². The van der Waals surface area contributed by atoms with Gasteiger partial charge in [0.1, 0.15) is 0 Å². The van der Waals surface area contributed by atoms with Crippen LogP contribution in [0.2, 0.25) is 0 Å². The van der Waals surface area contributed by atoms with Crippen molar-refractivity contribution < 1.29 is 27.8 Å². The van der Waals surface area contributed by atoms with Gasteiger partial charge in [-0.2, -0.15) is 0 Å². The van der Waals surface area contributed by atoms with Crippen LogP contribution < -0.4 is 0 Å². The fourth-order valence-electron chi connectivity index (χ4n) is 1.29. The summed E-state index contributed by atoms with van der Waals surface area (Å²) in [5.41, 5.74) is 0. The summed E-state index contributed by atoms with van der Waals surface area (Å²) in [5.74, 6) is -1.69. The quantitative estimate of drug-likeness (QED) is 0.749. The third kappa shape index (κ3) is 3.22. The Morgan fingerprint density at radius 2 is 2.00 bits per heavy atom. The van der Waals surface area contributed by atoms with E-state index in [4.69, 9.17) is 5.11 Å². The molecule has 1 aliphatic carbocycles. The standard InChI is InChI=1S/C7H9F3O3/c8-7(9,10)13-3-4-1-5(2-4)6(11)12/h4-5H,1-3H2,(H,11,12). The number of aliphatic carboxylic acids is 1. The molecule has 76 valence electrons. The van der Waals surface area contributed by atoms with Crippen LogP contribution in [0.15, 0.2) is 0 Å². The average Bonchev–Trinajstić information content (AvgIpc) is 1.79. The van der Waals surface area contributed by atoms with Crippen molar-refractivity contribution in [3.05, 3.63) is 0 Å². The number of hydrogen-bond donors (Lipinski definition) is 1. The zero-order valence-electron chi connectivity index (χ0n) is 6.67. The zero-order valence-corrected chi connectivity index (χ0v) is 6.67. The first-order chi connectivity index (χ1) is 5.88. The summed E-state index contributed by atoms with van der Waals surface area (Å²) in [6.07, 6.45) is -4.04. The topological polar surface area (TPSA) is 46.5 Å². The van der Waals surface area contributed by atoms with Gasteiger partial charge < -0.3 is 5.11 Å². The monoisotopic (exact) mass is 198 g/mol. The smallest absolute Gasteiger partial charge is 0.481 e. The predicted octanol–water partition coefficient (Wildman–Crippen LogP) is 1.63. The molecule has 0 aromatic rings. The second kappa shape index (κ2) is 3.53. The molecule has 0 atom stereocenters. The first kappa shape index (κ1) is 10.3. The minimum Gasteiger partial charge on any atom is -0.481 e. The number of alkyl halides is 3. The number of carbonyl (C=O) groups is 1. The number of ether oxygens (including phenoxy) is 1. The van der Waals surface area contributed by atoms with Crippen molar-refractivity contribution >= 4 is 5.97 Å². The summed E-state index contributed by atoms with van der Waals surface area (Å²) in [6, 6.07) is 0. The molecule has 1 N–H and O–H groups in total. The maximum Gasteiger partial charge on any atom is 0.522 e. The summed E-state index contributed by atoms with van der Waals surface area (Å²) in [4.78, 5) is 10.3. The van der Waals surface area contributed by atoms with Gasteiger partial charge in [-0.15, -0.1) is 13.2 Å². The molecule has 1 saturated carbocycles. The molecule has 0 bridgehead atoms. The molecule has 0 saturated heterocycles. The minimum atomic E-state index is -4.60. The van der Waals surface area contributed by atoms with E-state index in [0.717, 1.165) is 0 Å². The van der Waals surface area contributed by atoms with Crippen molar-refractivity contribution in [2.45, 2.75) is 19.2 Å². The zero-order chi connectivity index (χ0) is 10.1. The predicted molar refractivity (Wildman–Crippen MR) is 35.9 cm³/mol. The molecule has 0 unspecified atom stereocenters. The molecule has 0 amide bonds. The normalized spacial score (nSPS) is 28.2. The Balaban J connectivity index is 2.12. The van der Waals surface area contributed by atoms with Crippen molar-refractivity contribution in [3.63, 3.8) is 0 Å². The van der Waals surface area contributed by atoms with E-state index in [9.17, 15) is 18.0 Å². The highest BCUT2D eigenvalue weighted by molar-refractivity contribution is 5.71. The second-order valence-electron chi connectivity index (χ2n) is 3.13. The van der Waals surface area contributed by atoms with E-state index in [1.807, 2.05) is 0 Å². The molecule has 6 heteroatoms. The molecule has 3 nitrogen and oxygen atoms in total. The van der Waals surface area contributed by atoms with Gasteiger partial charge in [0.25, 0.3) is 0 Å². The van der Waals surface area contributed by atoms with Crippen LogP contribution in [-0.4, -0.2) is 24.0 Å². The van der Waals surface area contributed by atoms with Crippen LogP contribution in [0, 0.1) is 11.8 Å². The second-order valence-corrected chi connectivity index (χ2v) is 3.13. The summed E-state index contributed by atoms with van der Waals surface area (Å²) >= 11 is 0. The summed E-state index contributed by atoms with van der Waals surface area (Å²) < 4.78 is 38.0. The van der Waals surface area contributed by atoms with Crippen LogP contribution in [-0.2, 0) is 9.53 Å².